The van der Waals surface area contributed by atoms with Gasteiger partial charge >= 0.3 is 5.97 Å². The van der Waals surface area contributed by atoms with Gasteiger partial charge in [0.1, 0.15) is 0 Å². The van der Waals surface area contributed by atoms with Gasteiger partial charge in [-0.25, -0.2) is 9.48 Å². The van der Waals surface area contributed by atoms with Gasteiger partial charge in [-0.2, -0.15) is 0 Å². The van der Waals surface area contributed by atoms with Crippen LogP contribution in [0.2, 0.25) is 0 Å². The van der Waals surface area contributed by atoms with Crippen molar-refractivity contribution in [1.29, 1.82) is 0 Å². The smallest absolute Gasteiger partial charge is 0.358 e. The Morgan fingerprint density at radius 2 is 2.32 bits per heavy atom. The van der Waals surface area contributed by atoms with Crippen LogP contribution in [0.5, 0.6) is 0 Å². The van der Waals surface area contributed by atoms with Crippen LogP contribution in [0.15, 0.2) is 18.3 Å². The second kappa shape index (κ2) is 6.12. The van der Waals surface area contributed by atoms with Crippen LogP contribution in [-0.2, 0) is 11.3 Å². The van der Waals surface area contributed by atoms with Gasteiger partial charge in [0, 0.05) is 12.5 Å². The first kappa shape index (κ1) is 13.3. The van der Waals surface area contributed by atoms with Crippen LogP contribution >= 0.6 is 0 Å². The average Bonchev–Trinajstić information content (AvgIpc) is 2.89. The summed E-state index contributed by atoms with van der Waals surface area (Å²) in [4.78, 5) is 22.4. The van der Waals surface area contributed by atoms with E-state index in [9.17, 15) is 9.59 Å². The SMILES string of the molecule is O=C(O)c1cn(CCNC(=O)C2CC=CCC2)nn1. The zero-order valence-corrected chi connectivity index (χ0v) is 10.5. The number of allylic oxidation sites excluding steroid dienone is 2. The number of carbonyl (C=O) groups is 2. The molecular formula is C12H16N4O3. The third-order valence-electron chi connectivity index (χ3n) is 3.04. The summed E-state index contributed by atoms with van der Waals surface area (Å²) in [7, 11) is 0. The van der Waals surface area contributed by atoms with Gasteiger partial charge in [-0.15, -0.1) is 5.10 Å². The Morgan fingerprint density at radius 3 is 2.95 bits per heavy atom. The third-order valence-corrected chi connectivity index (χ3v) is 3.04. The summed E-state index contributed by atoms with van der Waals surface area (Å²) in [6.45, 7) is 0.829. The Morgan fingerprint density at radius 1 is 1.47 bits per heavy atom. The Bertz CT molecular complexity index is 495. The Hall–Kier alpha value is -2.18. The number of aromatic nitrogens is 3. The molecule has 0 bridgehead atoms. The molecule has 102 valence electrons. The summed E-state index contributed by atoms with van der Waals surface area (Å²) < 4.78 is 1.41. The zero-order valence-electron chi connectivity index (χ0n) is 10.5. The van der Waals surface area contributed by atoms with Crippen molar-refractivity contribution in [3.63, 3.8) is 0 Å². The molecule has 2 rings (SSSR count). The van der Waals surface area contributed by atoms with Crippen molar-refractivity contribution in [3.8, 4) is 0 Å². The number of rotatable bonds is 5. The summed E-state index contributed by atoms with van der Waals surface area (Å²) in [5, 5.41) is 18.7. The Balaban J connectivity index is 1.74. The normalized spacial score (nSPS) is 18.2. The van der Waals surface area contributed by atoms with Gasteiger partial charge in [0.15, 0.2) is 5.69 Å². The summed E-state index contributed by atoms with van der Waals surface area (Å²) in [5.41, 5.74) is -0.0938. The van der Waals surface area contributed by atoms with Gasteiger partial charge < -0.3 is 10.4 Å². The predicted molar refractivity (Wildman–Crippen MR) is 66.5 cm³/mol. The van der Waals surface area contributed by atoms with Crippen LogP contribution < -0.4 is 5.32 Å². The highest BCUT2D eigenvalue weighted by Crippen LogP contribution is 2.17. The van der Waals surface area contributed by atoms with Crippen molar-refractivity contribution >= 4 is 11.9 Å². The fraction of sp³-hybridized carbons (Fsp3) is 0.500. The molecule has 1 aliphatic carbocycles. The molecule has 1 atom stereocenters. The van der Waals surface area contributed by atoms with Crippen LogP contribution in [0, 0.1) is 5.92 Å². The fourth-order valence-corrected chi connectivity index (χ4v) is 1.98. The van der Waals surface area contributed by atoms with Gasteiger partial charge in [0.25, 0.3) is 0 Å². The molecule has 0 saturated carbocycles. The topological polar surface area (TPSA) is 97.1 Å². The van der Waals surface area contributed by atoms with Crippen molar-refractivity contribution in [3.05, 3.63) is 24.0 Å². The van der Waals surface area contributed by atoms with E-state index in [0.717, 1.165) is 19.3 Å². The minimum Gasteiger partial charge on any atom is -0.476 e. The predicted octanol–water partition coefficient (Wildman–Crippen LogP) is 0.449. The van der Waals surface area contributed by atoms with Crippen LogP contribution in [-0.4, -0.2) is 38.5 Å². The number of carboxylic acid groups (broad SMARTS) is 1. The van der Waals surface area contributed by atoms with Gasteiger partial charge in [-0.05, 0) is 19.3 Å². The molecule has 7 nitrogen and oxygen atoms in total. The molecule has 2 N–H and O–H groups in total. The molecule has 1 amide bonds. The molecule has 0 fully saturated rings. The second-order valence-corrected chi connectivity index (χ2v) is 4.44. The molecule has 7 heteroatoms. The highest BCUT2D eigenvalue weighted by molar-refractivity contribution is 5.84. The summed E-state index contributed by atoms with van der Waals surface area (Å²) >= 11 is 0. The van der Waals surface area contributed by atoms with Gasteiger partial charge in [-0.1, -0.05) is 17.4 Å². The number of carbonyl (C=O) groups excluding carboxylic acids is 1. The lowest BCUT2D eigenvalue weighted by Crippen LogP contribution is -2.33. The van der Waals surface area contributed by atoms with E-state index in [1.807, 2.05) is 6.08 Å². The first-order valence-corrected chi connectivity index (χ1v) is 6.23. The van der Waals surface area contributed by atoms with Crippen LogP contribution in [0.4, 0.5) is 0 Å². The standard InChI is InChI=1S/C12H16N4O3/c17-11(9-4-2-1-3-5-9)13-6-7-16-8-10(12(18)19)14-15-16/h1-2,8-9H,3-7H2,(H,13,17)(H,18,19). The number of carboxylic acids is 1. The maximum atomic E-state index is 11.8. The quantitative estimate of drug-likeness (QED) is 0.752. The van der Waals surface area contributed by atoms with Gasteiger partial charge in [0.05, 0.1) is 12.7 Å². The van der Waals surface area contributed by atoms with E-state index < -0.39 is 5.97 Å². The number of amides is 1. The first-order valence-electron chi connectivity index (χ1n) is 6.23. The number of nitrogens with zero attached hydrogens (tertiary/aromatic N) is 3. The maximum absolute atomic E-state index is 11.8. The monoisotopic (exact) mass is 264 g/mol. The largest absolute Gasteiger partial charge is 0.476 e. The molecule has 1 aromatic rings. The first-order chi connectivity index (χ1) is 9.16. The van der Waals surface area contributed by atoms with Crippen LogP contribution in [0.25, 0.3) is 0 Å². The lowest BCUT2D eigenvalue weighted by atomic mass is 9.94. The molecule has 0 saturated heterocycles. The number of nitrogens with one attached hydrogen (secondary N) is 1. The number of hydrogen-bond donors (Lipinski definition) is 2. The molecule has 1 unspecified atom stereocenters. The van der Waals surface area contributed by atoms with Crippen LogP contribution in [0.1, 0.15) is 29.8 Å². The molecule has 0 spiro atoms. The molecule has 1 aliphatic rings. The van der Waals surface area contributed by atoms with E-state index in [-0.39, 0.29) is 17.5 Å². The van der Waals surface area contributed by atoms with Gasteiger partial charge in [-0.3, -0.25) is 4.79 Å². The summed E-state index contributed by atoms with van der Waals surface area (Å²) in [5.74, 6) is -1.01. The van der Waals surface area contributed by atoms with Crippen molar-refractivity contribution in [1.82, 2.24) is 20.3 Å². The lowest BCUT2D eigenvalue weighted by molar-refractivity contribution is -0.125. The number of aromatic carboxylic acids is 1. The van der Waals surface area contributed by atoms with E-state index >= 15 is 0 Å². The van der Waals surface area contributed by atoms with Gasteiger partial charge in [0.2, 0.25) is 5.91 Å². The Kier molecular flexibility index (Phi) is 4.27. The molecular weight excluding hydrogens is 248 g/mol. The molecule has 19 heavy (non-hydrogen) atoms. The van der Waals surface area contributed by atoms with Crippen molar-refractivity contribution in [2.75, 3.05) is 6.54 Å². The summed E-state index contributed by atoms with van der Waals surface area (Å²) in [6.07, 6.45) is 8.09. The molecule has 1 aromatic heterocycles. The molecule has 1 heterocycles. The lowest BCUT2D eigenvalue weighted by Gasteiger charge is -2.17. The van der Waals surface area contributed by atoms with Crippen molar-refractivity contribution in [2.45, 2.75) is 25.8 Å². The highest BCUT2D eigenvalue weighted by atomic mass is 16.4. The molecule has 0 aliphatic heterocycles. The number of hydrogen-bond acceptors (Lipinski definition) is 4. The highest BCUT2D eigenvalue weighted by Gasteiger charge is 2.18. The maximum Gasteiger partial charge on any atom is 0.358 e. The van der Waals surface area contributed by atoms with E-state index in [2.05, 4.69) is 21.7 Å². The Labute approximate surface area is 110 Å². The van der Waals surface area contributed by atoms with E-state index in [4.69, 9.17) is 5.11 Å². The minimum absolute atomic E-state index is 0.0444. The van der Waals surface area contributed by atoms with E-state index in [0.29, 0.717) is 13.1 Å². The zero-order chi connectivity index (χ0) is 13.7. The molecule has 0 aromatic carbocycles. The van der Waals surface area contributed by atoms with E-state index in [1.54, 1.807) is 0 Å². The minimum atomic E-state index is -1.11. The van der Waals surface area contributed by atoms with Crippen molar-refractivity contribution < 1.29 is 14.7 Å². The third kappa shape index (κ3) is 3.64. The fourth-order valence-electron chi connectivity index (χ4n) is 1.98. The molecule has 0 radical (unpaired) electrons. The van der Waals surface area contributed by atoms with E-state index in [1.165, 1.54) is 10.9 Å². The average molecular weight is 264 g/mol. The van der Waals surface area contributed by atoms with Crippen LogP contribution in [0.3, 0.4) is 0 Å². The second-order valence-electron chi connectivity index (χ2n) is 4.44. The summed E-state index contributed by atoms with van der Waals surface area (Å²) in [6, 6.07) is 0. The van der Waals surface area contributed by atoms with Crippen molar-refractivity contribution in [2.24, 2.45) is 5.92 Å².